The van der Waals surface area contributed by atoms with Gasteiger partial charge in [-0.2, -0.15) is 17.6 Å². The van der Waals surface area contributed by atoms with Gasteiger partial charge in [0.15, 0.2) is 0 Å². The summed E-state index contributed by atoms with van der Waals surface area (Å²) in [6, 6.07) is 4.55. The van der Waals surface area contributed by atoms with E-state index in [0.29, 0.717) is 0 Å². The summed E-state index contributed by atoms with van der Waals surface area (Å²) >= 11 is -0.157. The van der Waals surface area contributed by atoms with Crippen LogP contribution in [0, 0.1) is 0 Å². The fourth-order valence-electron chi connectivity index (χ4n) is 1.12. The van der Waals surface area contributed by atoms with Gasteiger partial charge in [0.05, 0.1) is 5.69 Å². The van der Waals surface area contributed by atoms with Crippen LogP contribution in [0.5, 0.6) is 0 Å². The maximum atomic E-state index is 12.8. The Hall–Kier alpha value is -1.04. The molecule has 1 aromatic rings. The number of allylic oxidation sites excluding steroid dienone is 1. The van der Waals surface area contributed by atoms with Gasteiger partial charge in [0.2, 0.25) is 0 Å². The summed E-state index contributed by atoms with van der Waals surface area (Å²) in [4.78, 5) is 3.55. The van der Waals surface area contributed by atoms with Gasteiger partial charge in [-0.15, -0.1) is 0 Å². The maximum absolute atomic E-state index is 12.8. The summed E-state index contributed by atoms with van der Waals surface area (Å²) in [6.07, 6.45) is 1.63. The van der Waals surface area contributed by atoms with Crippen molar-refractivity contribution in [2.45, 2.75) is 11.2 Å². The normalized spacial score (nSPS) is 22.5. The molecule has 0 fully saturated rings. The number of alkyl halides is 4. The van der Waals surface area contributed by atoms with Gasteiger partial charge in [-0.25, -0.2) is 0 Å². The first kappa shape index (κ1) is 10.5. The molecule has 0 radical (unpaired) electrons. The van der Waals surface area contributed by atoms with Crippen molar-refractivity contribution in [2.24, 2.45) is 0 Å². The molecule has 0 aliphatic carbocycles. The minimum Gasteiger partial charge on any atom is -0.256 e. The largest absolute Gasteiger partial charge is 0.364 e. The Balaban J connectivity index is 2.37. The average molecular weight is 235 g/mol. The third-order valence-corrected chi connectivity index (χ3v) is 2.93. The van der Waals surface area contributed by atoms with Crippen LogP contribution in [0.25, 0.3) is 4.91 Å². The first-order chi connectivity index (χ1) is 6.92. The second kappa shape index (κ2) is 3.23. The zero-order valence-corrected chi connectivity index (χ0v) is 8.07. The van der Waals surface area contributed by atoms with E-state index in [9.17, 15) is 17.6 Å². The third-order valence-electron chi connectivity index (χ3n) is 1.86. The molecule has 0 amide bonds. The monoisotopic (exact) mass is 235 g/mol. The minimum absolute atomic E-state index is 0.138. The Kier molecular flexibility index (Phi) is 2.26. The molecule has 2 rings (SSSR count). The van der Waals surface area contributed by atoms with Gasteiger partial charge >= 0.3 is 11.2 Å². The van der Waals surface area contributed by atoms with Gasteiger partial charge in [-0.1, -0.05) is 6.07 Å². The van der Waals surface area contributed by atoms with Crippen molar-refractivity contribution in [3.63, 3.8) is 0 Å². The molecule has 0 saturated carbocycles. The number of nitrogens with zero attached hydrogens (tertiary/aromatic N) is 1. The van der Waals surface area contributed by atoms with Crippen molar-refractivity contribution in [1.82, 2.24) is 4.98 Å². The molecule has 6 heteroatoms. The summed E-state index contributed by atoms with van der Waals surface area (Å²) in [5, 5.41) is -4.08. The molecule has 1 aliphatic rings. The van der Waals surface area contributed by atoms with Gasteiger partial charge in [-0.05, 0) is 23.9 Å². The summed E-state index contributed by atoms with van der Waals surface area (Å²) < 4.78 is 51.1. The van der Waals surface area contributed by atoms with Crippen LogP contribution in [0.2, 0.25) is 0 Å². The van der Waals surface area contributed by atoms with E-state index in [1.54, 1.807) is 12.1 Å². The molecule has 0 aromatic carbocycles. The fraction of sp³-hybridized carbons (Fsp3) is 0.222. The van der Waals surface area contributed by atoms with Crippen LogP contribution in [0.3, 0.4) is 0 Å². The van der Waals surface area contributed by atoms with Crippen LogP contribution < -0.4 is 0 Å². The van der Waals surface area contributed by atoms with Crippen LogP contribution in [-0.4, -0.2) is 16.2 Å². The van der Waals surface area contributed by atoms with E-state index >= 15 is 0 Å². The highest BCUT2D eigenvalue weighted by molar-refractivity contribution is 8.09. The van der Waals surface area contributed by atoms with Gasteiger partial charge in [-0.3, -0.25) is 4.98 Å². The zero-order chi connectivity index (χ0) is 11.1. The predicted molar refractivity (Wildman–Crippen MR) is 49.7 cm³/mol. The van der Waals surface area contributed by atoms with Gasteiger partial charge in [0.1, 0.15) is 0 Å². The number of thioether (sulfide) groups is 1. The van der Waals surface area contributed by atoms with E-state index in [-0.39, 0.29) is 28.4 Å². The van der Waals surface area contributed by atoms with E-state index in [4.69, 9.17) is 0 Å². The molecular weight excluding hydrogens is 230 g/mol. The molecule has 1 aliphatic heterocycles. The van der Waals surface area contributed by atoms with Crippen molar-refractivity contribution in [1.29, 1.82) is 0 Å². The second-order valence-corrected chi connectivity index (χ2v) is 4.12. The lowest BCUT2D eigenvalue weighted by atomic mass is 10.2. The molecule has 0 unspecified atom stereocenters. The molecular formula is C9H5F4NS. The maximum Gasteiger partial charge on any atom is 0.364 e. The lowest BCUT2D eigenvalue weighted by molar-refractivity contribution is -0.112. The van der Waals surface area contributed by atoms with Crippen molar-refractivity contribution < 1.29 is 17.6 Å². The van der Waals surface area contributed by atoms with Crippen molar-refractivity contribution >= 4 is 16.7 Å². The number of hydrogen-bond acceptors (Lipinski definition) is 2. The van der Waals surface area contributed by atoms with Crippen molar-refractivity contribution in [2.75, 3.05) is 0 Å². The van der Waals surface area contributed by atoms with Crippen LogP contribution in [0.15, 0.2) is 30.5 Å². The van der Waals surface area contributed by atoms with Gasteiger partial charge in [0.25, 0.3) is 0 Å². The van der Waals surface area contributed by atoms with E-state index < -0.39 is 11.2 Å². The number of pyridine rings is 1. The van der Waals surface area contributed by atoms with Crippen molar-refractivity contribution in [3.8, 4) is 0 Å². The SMILES string of the molecule is FC1(F)C=C(c2ccccn2)SC1(F)F. The van der Waals surface area contributed by atoms with Crippen LogP contribution in [0.1, 0.15) is 5.69 Å². The van der Waals surface area contributed by atoms with E-state index in [1.807, 2.05) is 0 Å². The molecule has 1 nitrogen and oxygen atoms in total. The summed E-state index contributed by atoms with van der Waals surface area (Å²) in [7, 11) is 0. The van der Waals surface area contributed by atoms with E-state index in [2.05, 4.69) is 4.98 Å². The third kappa shape index (κ3) is 1.73. The Morgan fingerprint density at radius 3 is 2.33 bits per heavy atom. The van der Waals surface area contributed by atoms with E-state index in [0.717, 1.165) is 0 Å². The Labute approximate surface area is 87.2 Å². The van der Waals surface area contributed by atoms with Gasteiger partial charge < -0.3 is 0 Å². The van der Waals surface area contributed by atoms with Crippen molar-refractivity contribution in [3.05, 3.63) is 36.2 Å². The summed E-state index contributed by atoms with van der Waals surface area (Å²) in [6.45, 7) is 0. The smallest absolute Gasteiger partial charge is 0.256 e. The second-order valence-electron chi connectivity index (χ2n) is 2.97. The minimum atomic E-state index is -4.11. The number of hydrogen-bond donors (Lipinski definition) is 0. The zero-order valence-electron chi connectivity index (χ0n) is 7.25. The lowest BCUT2D eigenvalue weighted by Crippen LogP contribution is -2.31. The van der Waals surface area contributed by atoms with Crippen LogP contribution in [0.4, 0.5) is 17.6 Å². The first-order valence-electron chi connectivity index (χ1n) is 4.01. The predicted octanol–water partition coefficient (Wildman–Crippen LogP) is 3.40. The Morgan fingerprint density at radius 2 is 1.87 bits per heavy atom. The molecule has 1 aromatic heterocycles. The molecule has 2 heterocycles. The van der Waals surface area contributed by atoms with Crippen LogP contribution in [-0.2, 0) is 0 Å². The molecule has 0 N–H and O–H groups in total. The highest BCUT2D eigenvalue weighted by Gasteiger charge is 2.60. The van der Waals surface area contributed by atoms with E-state index in [1.165, 1.54) is 12.3 Å². The molecule has 0 atom stereocenters. The number of aromatic nitrogens is 1. The lowest BCUT2D eigenvalue weighted by Gasteiger charge is -2.15. The topological polar surface area (TPSA) is 12.9 Å². The molecule has 80 valence electrons. The number of halogens is 4. The quantitative estimate of drug-likeness (QED) is 0.692. The molecule has 0 spiro atoms. The molecule has 15 heavy (non-hydrogen) atoms. The highest BCUT2D eigenvalue weighted by Crippen LogP contribution is 2.56. The molecule has 0 saturated heterocycles. The van der Waals surface area contributed by atoms with Crippen LogP contribution >= 0.6 is 11.8 Å². The fourth-order valence-corrected chi connectivity index (χ4v) is 2.02. The van der Waals surface area contributed by atoms with Gasteiger partial charge in [0, 0.05) is 17.2 Å². The summed E-state index contributed by atoms with van der Waals surface area (Å²) in [5.74, 6) is -4.11. The Morgan fingerprint density at radius 1 is 1.13 bits per heavy atom. The molecule has 0 bridgehead atoms. The Bertz CT molecular complexity index is 402. The average Bonchev–Trinajstić information content (AvgIpc) is 2.38. The standard InChI is InChI=1S/C9H5F4NS/c10-8(11)5-7(15-9(8,12)13)6-3-1-2-4-14-6/h1-5H. The summed E-state index contributed by atoms with van der Waals surface area (Å²) in [5.41, 5.74) is 0.138. The first-order valence-corrected chi connectivity index (χ1v) is 4.83. The highest BCUT2D eigenvalue weighted by atomic mass is 32.2. The number of rotatable bonds is 1.